The Morgan fingerprint density at radius 1 is 0.885 bits per heavy atom. The van der Waals surface area contributed by atoms with Crippen molar-refractivity contribution in [1.82, 2.24) is 9.38 Å². The molecule has 0 spiro atoms. The van der Waals surface area contributed by atoms with E-state index < -0.39 is 0 Å². The summed E-state index contributed by atoms with van der Waals surface area (Å²) in [6, 6.07) is 19.4. The minimum Gasteiger partial charge on any atom is -0.508 e. The summed E-state index contributed by atoms with van der Waals surface area (Å²) >= 11 is 0. The van der Waals surface area contributed by atoms with Crippen molar-refractivity contribution in [2.75, 3.05) is 0 Å². The molecule has 0 radical (unpaired) electrons. The zero-order valence-corrected chi connectivity index (χ0v) is 14.8. The topological polar surface area (TPSA) is 46.8 Å². The molecule has 130 valence electrons. The van der Waals surface area contributed by atoms with Gasteiger partial charge in [0.15, 0.2) is 0 Å². The number of ether oxygens (including phenoxy) is 1. The van der Waals surface area contributed by atoms with Gasteiger partial charge in [-0.05, 0) is 73.5 Å². The second kappa shape index (κ2) is 6.56. The van der Waals surface area contributed by atoms with Crippen molar-refractivity contribution in [3.63, 3.8) is 0 Å². The van der Waals surface area contributed by atoms with E-state index in [2.05, 4.69) is 29.2 Å². The van der Waals surface area contributed by atoms with E-state index in [-0.39, 0.29) is 11.9 Å². The molecule has 0 aliphatic carbocycles. The van der Waals surface area contributed by atoms with E-state index in [9.17, 15) is 5.11 Å². The number of hydrogen-bond acceptors (Lipinski definition) is 3. The van der Waals surface area contributed by atoms with Crippen LogP contribution in [-0.2, 0) is 0 Å². The van der Waals surface area contributed by atoms with Gasteiger partial charge in [0.1, 0.15) is 17.1 Å². The Kier molecular flexibility index (Phi) is 4.09. The van der Waals surface area contributed by atoms with Crippen molar-refractivity contribution < 1.29 is 9.84 Å². The fourth-order valence-corrected chi connectivity index (χ4v) is 3.00. The Bertz CT molecular complexity index is 1030. The quantitative estimate of drug-likeness (QED) is 0.556. The summed E-state index contributed by atoms with van der Waals surface area (Å²) in [7, 11) is 0. The van der Waals surface area contributed by atoms with Gasteiger partial charge in [-0.2, -0.15) is 0 Å². The van der Waals surface area contributed by atoms with E-state index in [0.717, 1.165) is 33.8 Å². The largest absolute Gasteiger partial charge is 0.508 e. The van der Waals surface area contributed by atoms with Crippen LogP contribution in [0.5, 0.6) is 11.5 Å². The first-order valence-corrected chi connectivity index (χ1v) is 8.64. The normalized spacial score (nSPS) is 11.2. The van der Waals surface area contributed by atoms with E-state index >= 15 is 0 Å². The van der Waals surface area contributed by atoms with Crippen LogP contribution in [0.4, 0.5) is 0 Å². The smallest absolute Gasteiger partial charge is 0.137 e. The molecule has 0 unspecified atom stereocenters. The number of pyridine rings is 1. The van der Waals surface area contributed by atoms with Crippen molar-refractivity contribution in [3.05, 3.63) is 73.1 Å². The molecule has 0 amide bonds. The van der Waals surface area contributed by atoms with Crippen LogP contribution in [0.3, 0.4) is 0 Å². The number of hydrogen-bond donors (Lipinski definition) is 1. The molecule has 0 saturated carbocycles. The van der Waals surface area contributed by atoms with Crippen LogP contribution in [0.1, 0.15) is 13.8 Å². The van der Waals surface area contributed by atoms with Gasteiger partial charge in [0.25, 0.3) is 0 Å². The molecule has 4 heteroatoms. The van der Waals surface area contributed by atoms with Gasteiger partial charge in [0.05, 0.1) is 18.0 Å². The van der Waals surface area contributed by atoms with Gasteiger partial charge in [-0.3, -0.25) is 4.40 Å². The lowest BCUT2D eigenvalue weighted by atomic mass is 10.1. The monoisotopic (exact) mass is 344 g/mol. The van der Waals surface area contributed by atoms with Crippen molar-refractivity contribution in [1.29, 1.82) is 0 Å². The second-order valence-corrected chi connectivity index (χ2v) is 6.52. The maximum atomic E-state index is 9.47. The summed E-state index contributed by atoms with van der Waals surface area (Å²) in [5.41, 5.74) is 5.12. The standard InChI is InChI=1S/C22H20N2O2/c1-15(2)26-20-9-5-16(6-10-20)18-11-12-24-21(14-23-22(24)13-18)17-3-7-19(25)8-4-17/h3-15,25H,1-2H3. The predicted molar refractivity (Wildman–Crippen MR) is 103 cm³/mol. The lowest BCUT2D eigenvalue weighted by Crippen LogP contribution is -2.05. The third-order valence-electron chi connectivity index (χ3n) is 4.24. The van der Waals surface area contributed by atoms with E-state index in [1.165, 1.54) is 0 Å². The van der Waals surface area contributed by atoms with Crippen LogP contribution >= 0.6 is 0 Å². The fourth-order valence-electron chi connectivity index (χ4n) is 3.00. The zero-order valence-electron chi connectivity index (χ0n) is 14.8. The summed E-state index contributed by atoms with van der Waals surface area (Å²) in [4.78, 5) is 4.54. The number of rotatable bonds is 4. The molecule has 2 heterocycles. The molecule has 0 atom stereocenters. The number of imidazole rings is 1. The van der Waals surface area contributed by atoms with Gasteiger partial charge in [-0.25, -0.2) is 4.98 Å². The van der Waals surface area contributed by atoms with Gasteiger partial charge in [0, 0.05) is 11.8 Å². The lowest BCUT2D eigenvalue weighted by Gasteiger charge is -2.10. The molecule has 26 heavy (non-hydrogen) atoms. The Labute approximate surface area is 152 Å². The fraction of sp³-hybridized carbons (Fsp3) is 0.136. The third-order valence-corrected chi connectivity index (χ3v) is 4.24. The van der Waals surface area contributed by atoms with Gasteiger partial charge in [0.2, 0.25) is 0 Å². The Hall–Kier alpha value is -3.27. The molecule has 1 N–H and O–H groups in total. The molecule has 0 aliphatic rings. The van der Waals surface area contributed by atoms with Crippen molar-refractivity contribution in [2.24, 2.45) is 0 Å². The SMILES string of the molecule is CC(C)Oc1ccc(-c2ccn3c(-c4ccc(O)cc4)cnc3c2)cc1. The molecule has 0 aliphatic heterocycles. The molecule has 0 saturated heterocycles. The lowest BCUT2D eigenvalue weighted by molar-refractivity contribution is 0.242. The number of nitrogens with zero attached hydrogens (tertiary/aromatic N) is 2. The highest BCUT2D eigenvalue weighted by Crippen LogP contribution is 2.27. The summed E-state index contributed by atoms with van der Waals surface area (Å²) in [6.45, 7) is 4.04. The van der Waals surface area contributed by atoms with Crippen LogP contribution < -0.4 is 4.74 Å². The van der Waals surface area contributed by atoms with Crippen LogP contribution in [0, 0.1) is 0 Å². The Morgan fingerprint density at radius 2 is 1.58 bits per heavy atom. The highest BCUT2D eigenvalue weighted by molar-refractivity contribution is 5.71. The van der Waals surface area contributed by atoms with E-state index in [1.54, 1.807) is 12.1 Å². The van der Waals surface area contributed by atoms with E-state index in [1.807, 2.05) is 54.9 Å². The molecule has 0 bridgehead atoms. The molecule has 2 aromatic heterocycles. The number of aromatic nitrogens is 2. The van der Waals surface area contributed by atoms with Gasteiger partial charge >= 0.3 is 0 Å². The first-order valence-electron chi connectivity index (χ1n) is 8.64. The third kappa shape index (κ3) is 3.14. The van der Waals surface area contributed by atoms with Gasteiger partial charge < -0.3 is 9.84 Å². The first kappa shape index (κ1) is 16.2. The first-order chi connectivity index (χ1) is 12.6. The molecular weight excluding hydrogens is 324 g/mol. The molecule has 0 fully saturated rings. The summed E-state index contributed by atoms with van der Waals surface area (Å²) in [5, 5.41) is 9.47. The Morgan fingerprint density at radius 3 is 2.27 bits per heavy atom. The number of fused-ring (bicyclic) bond motifs is 1. The molecule has 4 nitrogen and oxygen atoms in total. The van der Waals surface area contributed by atoms with Gasteiger partial charge in [-0.1, -0.05) is 12.1 Å². The highest BCUT2D eigenvalue weighted by atomic mass is 16.5. The number of phenolic OH excluding ortho intramolecular Hbond substituents is 1. The summed E-state index contributed by atoms with van der Waals surface area (Å²) in [5.74, 6) is 1.13. The maximum absolute atomic E-state index is 9.47. The van der Waals surface area contributed by atoms with Gasteiger partial charge in [-0.15, -0.1) is 0 Å². The number of benzene rings is 2. The minimum absolute atomic E-state index is 0.167. The summed E-state index contributed by atoms with van der Waals surface area (Å²) in [6.07, 6.45) is 4.05. The van der Waals surface area contributed by atoms with Crippen molar-refractivity contribution in [3.8, 4) is 33.9 Å². The molecular formula is C22H20N2O2. The van der Waals surface area contributed by atoms with E-state index in [0.29, 0.717) is 0 Å². The van der Waals surface area contributed by atoms with Crippen LogP contribution in [0.2, 0.25) is 0 Å². The average Bonchev–Trinajstić information content (AvgIpc) is 3.06. The molecule has 4 rings (SSSR count). The predicted octanol–water partition coefficient (Wildman–Crippen LogP) is 5.16. The average molecular weight is 344 g/mol. The second-order valence-electron chi connectivity index (χ2n) is 6.52. The van der Waals surface area contributed by atoms with E-state index in [4.69, 9.17) is 4.74 Å². The summed E-state index contributed by atoms with van der Waals surface area (Å²) < 4.78 is 7.75. The zero-order chi connectivity index (χ0) is 18.1. The Balaban J connectivity index is 1.67. The maximum Gasteiger partial charge on any atom is 0.137 e. The van der Waals surface area contributed by atoms with Crippen LogP contribution in [-0.4, -0.2) is 20.6 Å². The minimum atomic E-state index is 0.167. The molecule has 4 aromatic rings. The van der Waals surface area contributed by atoms with Crippen LogP contribution in [0.25, 0.3) is 28.0 Å². The van der Waals surface area contributed by atoms with Crippen LogP contribution in [0.15, 0.2) is 73.1 Å². The molecule has 2 aromatic carbocycles. The number of phenols is 1. The number of aromatic hydroxyl groups is 1. The van der Waals surface area contributed by atoms with Crippen molar-refractivity contribution in [2.45, 2.75) is 20.0 Å². The van der Waals surface area contributed by atoms with Crippen molar-refractivity contribution >= 4 is 5.65 Å². The highest BCUT2D eigenvalue weighted by Gasteiger charge is 2.08.